The van der Waals surface area contributed by atoms with E-state index < -0.39 is 10.9 Å². The minimum atomic E-state index is -0.856. The van der Waals surface area contributed by atoms with Crippen LogP contribution in [0.25, 0.3) is 16.9 Å². The quantitative estimate of drug-likeness (QED) is 0.216. The van der Waals surface area contributed by atoms with Gasteiger partial charge in [0, 0.05) is 36.2 Å². The van der Waals surface area contributed by atoms with Gasteiger partial charge in [-0.3, -0.25) is 10.2 Å². The van der Waals surface area contributed by atoms with E-state index in [4.69, 9.17) is 16.3 Å². The van der Waals surface area contributed by atoms with Crippen molar-refractivity contribution >= 4 is 17.5 Å². The van der Waals surface area contributed by atoms with Crippen LogP contribution in [0.4, 0.5) is 4.39 Å². The summed E-state index contributed by atoms with van der Waals surface area (Å²) in [4.78, 5) is 27.6. The van der Waals surface area contributed by atoms with Gasteiger partial charge in [-0.25, -0.2) is 14.1 Å². The van der Waals surface area contributed by atoms with Crippen LogP contribution < -0.4 is 5.43 Å². The molecule has 1 fully saturated rings. The average molecular weight is 528 g/mol. The third-order valence-electron chi connectivity index (χ3n) is 5.56. The molecule has 0 spiro atoms. The number of halogens is 2. The normalized spacial score (nSPS) is 13.5. The zero-order valence-electron chi connectivity index (χ0n) is 19.9. The van der Waals surface area contributed by atoms with Crippen LogP contribution in [0.5, 0.6) is 0 Å². The Morgan fingerprint density at radius 1 is 1.27 bits per heavy atom. The number of carbonyl (C=O) groups is 1. The molecule has 1 N–H and O–H groups in total. The lowest BCUT2D eigenvalue weighted by Crippen LogP contribution is -2.48. The summed E-state index contributed by atoms with van der Waals surface area (Å²) in [5.41, 5.74) is 6.14. The van der Waals surface area contributed by atoms with E-state index in [0.717, 1.165) is 5.56 Å². The van der Waals surface area contributed by atoms with Gasteiger partial charge in [0.15, 0.2) is 5.69 Å². The fraction of sp³-hybridized carbons (Fsp3) is 0.280. The SMILES string of the molecule is Cc1c(C(=O)NN2CCOCC2)nn(-c2ccc(F)cc2Cl)c1-c1ccc(C#CCCO[N+](=O)[O-])cc1. The molecule has 12 heteroatoms. The minimum absolute atomic E-state index is 0.107. The maximum Gasteiger partial charge on any atom is 0.294 e. The van der Waals surface area contributed by atoms with Gasteiger partial charge in [0.05, 0.1) is 29.6 Å². The van der Waals surface area contributed by atoms with Crippen molar-refractivity contribution in [3.05, 3.63) is 80.2 Å². The summed E-state index contributed by atoms with van der Waals surface area (Å²) in [5, 5.41) is 15.8. The molecule has 1 amide bonds. The Bertz CT molecular complexity index is 1360. The number of amides is 1. The van der Waals surface area contributed by atoms with Gasteiger partial charge in [0.2, 0.25) is 0 Å². The summed E-state index contributed by atoms with van der Waals surface area (Å²) >= 11 is 6.35. The van der Waals surface area contributed by atoms with Gasteiger partial charge in [0.25, 0.3) is 11.0 Å². The fourth-order valence-corrected chi connectivity index (χ4v) is 4.04. The Morgan fingerprint density at radius 2 is 2.00 bits per heavy atom. The second kappa shape index (κ2) is 11.8. The number of rotatable bonds is 7. The first-order valence-corrected chi connectivity index (χ1v) is 11.8. The van der Waals surface area contributed by atoms with Crippen LogP contribution in [0.2, 0.25) is 5.02 Å². The summed E-state index contributed by atoms with van der Waals surface area (Å²) < 4.78 is 20.6. The molecule has 0 unspecified atom stereocenters. The summed E-state index contributed by atoms with van der Waals surface area (Å²) in [6.45, 7) is 3.83. The third kappa shape index (κ3) is 6.42. The maximum atomic E-state index is 13.7. The molecule has 37 heavy (non-hydrogen) atoms. The first-order chi connectivity index (χ1) is 17.8. The number of ether oxygens (including phenoxy) is 1. The highest BCUT2D eigenvalue weighted by atomic mass is 35.5. The Morgan fingerprint density at radius 3 is 2.68 bits per heavy atom. The van der Waals surface area contributed by atoms with Crippen LogP contribution in [-0.2, 0) is 9.57 Å². The van der Waals surface area contributed by atoms with E-state index in [9.17, 15) is 19.3 Å². The number of nitrogens with zero attached hydrogens (tertiary/aromatic N) is 4. The first-order valence-electron chi connectivity index (χ1n) is 11.4. The van der Waals surface area contributed by atoms with Gasteiger partial charge < -0.3 is 9.57 Å². The van der Waals surface area contributed by atoms with Gasteiger partial charge in [-0.2, -0.15) is 5.10 Å². The minimum Gasteiger partial charge on any atom is -0.379 e. The van der Waals surface area contributed by atoms with Crippen molar-refractivity contribution in [3.8, 4) is 28.8 Å². The molecule has 0 saturated carbocycles. The van der Waals surface area contributed by atoms with Gasteiger partial charge in [0.1, 0.15) is 12.4 Å². The lowest BCUT2D eigenvalue weighted by molar-refractivity contribution is -0.757. The van der Waals surface area contributed by atoms with Crippen molar-refractivity contribution in [2.24, 2.45) is 0 Å². The van der Waals surface area contributed by atoms with E-state index in [1.54, 1.807) is 24.1 Å². The molecule has 2 heterocycles. The van der Waals surface area contributed by atoms with Gasteiger partial charge in [-0.1, -0.05) is 35.6 Å². The first kappa shape index (κ1) is 26.1. The molecular formula is C25H23ClFN5O5. The van der Waals surface area contributed by atoms with Crippen LogP contribution in [0.15, 0.2) is 42.5 Å². The van der Waals surface area contributed by atoms with Crippen molar-refractivity contribution in [1.29, 1.82) is 0 Å². The molecule has 0 bridgehead atoms. The number of hydrogen-bond acceptors (Lipinski definition) is 7. The highest BCUT2D eigenvalue weighted by Gasteiger charge is 2.25. The maximum absolute atomic E-state index is 13.7. The van der Waals surface area contributed by atoms with Crippen LogP contribution in [0, 0.1) is 34.7 Å². The van der Waals surface area contributed by atoms with E-state index in [1.807, 2.05) is 12.1 Å². The van der Waals surface area contributed by atoms with E-state index >= 15 is 0 Å². The average Bonchev–Trinajstić information content (AvgIpc) is 3.21. The number of hydrazine groups is 1. The standard InChI is InChI=1S/C25H23ClFN5O5/c1-17-23(25(33)29-30-11-14-36-15-12-30)28-31(22-10-9-20(27)16-21(22)26)24(17)19-7-5-18(6-8-19)4-2-3-13-37-32(34)35/h5-10,16H,3,11-15H2,1H3,(H,29,33). The lowest BCUT2D eigenvalue weighted by atomic mass is 10.0. The molecule has 4 rings (SSSR count). The predicted molar refractivity (Wildman–Crippen MR) is 133 cm³/mol. The number of aromatic nitrogens is 2. The van der Waals surface area contributed by atoms with Crippen LogP contribution in [0.1, 0.15) is 28.0 Å². The molecule has 0 atom stereocenters. The van der Waals surface area contributed by atoms with Crippen LogP contribution >= 0.6 is 11.6 Å². The third-order valence-corrected chi connectivity index (χ3v) is 5.86. The molecule has 0 radical (unpaired) electrons. The highest BCUT2D eigenvalue weighted by Crippen LogP contribution is 2.32. The topological polar surface area (TPSA) is 112 Å². The van der Waals surface area contributed by atoms with Gasteiger partial charge in [-0.05, 0) is 37.3 Å². The Kier molecular flexibility index (Phi) is 8.35. The number of benzene rings is 2. The summed E-state index contributed by atoms with van der Waals surface area (Å²) in [7, 11) is 0. The summed E-state index contributed by atoms with van der Waals surface area (Å²) in [6.07, 6.45) is 0.208. The molecule has 1 aromatic heterocycles. The molecular weight excluding hydrogens is 505 g/mol. The summed E-state index contributed by atoms with van der Waals surface area (Å²) in [5.74, 6) is 4.88. The Labute approximate surface area is 217 Å². The van der Waals surface area contributed by atoms with Crippen molar-refractivity contribution in [3.63, 3.8) is 0 Å². The second-order valence-corrected chi connectivity index (χ2v) is 8.46. The number of carbonyl (C=O) groups excluding carboxylic acids is 1. The zero-order valence-corrected chi connectivity index (χ0v) is 20.6. The molecule has 1 aliphatic rings. The molecule has 192 valence electrons. The van der Waals surface area contributed by atoms with Gasteiger partial charge in [-0.15, -0.1) is 10.1 Å². The van der Waals surface area contributed by atoms with Gasteiger partial charge >= 0.3 is 0 Å². The van der Waals surface area contributed by atoms with E-state index in [1.165, 1.54) is 22.9 Å². The van der Waals surface area contributed by atoms with Crippen LogP contribution in [0.3, 0.4) is 0 Å². The van der Waals surface area contributed by atoms with E-state index in [2.05, 4.69) is 27.2 Å². The smallest absolute Gasteiger partial charge is 0.294 e. The largest absolute Gasteiger partial charge is 0.379 e. The highest BCUT2D eigenvalue weighted by molar-refractivity contribution is 6.32. The van der Waals surface area contributed by atoms with Crippen molar-refractivity contribution in [1.82, 2.24) is 20.2 Å². The van der Waals surface area contributed by atoms with E-state index in [-0.39, 0.29) is 29.7 Å². The molecule has 0 aliphatic carbocycles. The van der Waals surface area contributed by atoms with E-state index in [0.29, 0.717) is 48.8 Å². The number of morpholine rings is 1. The summed E-state index contributed by atoms with van der Waals surface area (Å²) in [6, 6.07) is 11.2. The Balaban J connectivity index is 1.67. The Hall–Kier alpha value is -3.98. The van der Waals surface area contributed by atoms with Crippen molar-refractivity contribution < 1.29 is 23.8 Å². The number of hydrogen-bond donors (Lipinski definition) is 1. The number of nitrogens with one attached hydrogen (secondary N) is 1. The molecule has 3 aromatic rings. The van der Waals surface area contributed by atoms with Crippen molar-refractivity contribution in [2.45, 2.75) is 13.3 Å². The second-order valence-electron chi connectivity index (χ2n) is 8.06. The predicted octanol–water partition coefficient (Wildman–Crippen LogP) is 3.57. The lowest BCUT2D eigenvalue weighted by Gasteiger charge is -2.26. The molecule has 1 aliphatic heterocycles. The molecule has 2 aromatic carbocycles. The molecule has 1 saturated heterocycles. The monoisotopic (exact) mass is 527 g/mol. The fourth-order valence-electron chi connectivity index (χ4n) is 3.80. The van der Waals surface area contributed by atoms with Crippen LogP contribution in [-0.4, -0.2) is 58.7 Å². The van der Waals surface area contributed by atoms with Crippen molar-refractivity contribution in [2.75, 3.05) is 32.9 Å². The zero-order chi connectivity index (χ0) is 26.4. The molecule has 10 nitrogen and oxygen atoms in total.